The zero-order chi connectivity index (χ0) is 52.0. The van der Waals surface area contributed by atoms with Crippen molar-refractivity contribution in [2.45, 2.75) is 0 Å². The molecular weight excluding hydrogens is 943 g/mol. The molecule has 0 atom stereocenters. The van der Waals surface area contributed by atoms with E-state index in [1.54, 1.807) is 0 Å². The first-order chi connectivity index (χ1) is 38.6. The summed E-state index contributed by atoms with van der Waals surface area (Å²) in [5.74, 6) is 0. The van der Waals surface area contributed by atoms with Crippen LogP contribution < -0.4 is 0 Å². The van der Waals surface area contributed by atoms with Crippen LogP contribution in [0, 0.1) is 0 Å². The van der Waals surface area contributed by atoms with Gasteiger partial charge in [0.2, 0.25) is 0 Å². The molecule has 13 aromatic rings. The van der Waals surface area contributed by atoms with Crippen molar-refractivity contribution in [2.24, 2.45) is 0 Å². The van der Waals surface area contributed by atoms with Crippen molar-refractivity contribution < 1.29 is 0 Å². The molecule has 0 spiro atoms. The molecule has 0 aliphatic heterocycles. The summed E-state index contributed by atoms with van der Waals surface area (Å²) in [6.45, 7) is 0. The Labute approximate surface area is 456 Å². The number of rotatable bonds is 12. The molecule has 0 amide bonds. The van der Waals surface area contributed by atoms with Gasteiger partial charge in [0.25, 0.3) is 0 Å². The molecule has 0 radical (unpaired) electrons. The highest BCUT2D eigenvalue weighted by molar-refractivity contribution is 5.87. The smallest absolute Gasteiger partial charge is 0.0716 e. The van der Waals surface area contributed by atoms with Gasteiger partial charge in [-0.15, -0.1) is 0 Å². The van der Waals surface area contributed by atoms with E-state index in [2.05, 4.69) is 309 Å². The molecular formula is C75H51N3. The third-order valence-corrected chi connectivity index (χ3v) is 14.5. The van der Waals surface area contributed by atoms with Gasteiger partial charge in [-0.05, 0) is 121 Å². The summed E-state index contributed by atoms with van der Waals surface area (Å²) in [7, 11) is 0. The van der Waals surface area contributed by atoms with Gasteiger partial charge in [-0.25, -0.2) is 15.0 Å². The average Bonchev–Trinajstić information content (AvgIpc) is 3.54. The normalized spacial score (nSPS) is 11.1. The highest BCUT2D eigenvalue weighted by Crippen LogP contribution is 2.40. The van der Waals surface area contributed by atoms with Crippen LogP contribution in [0.2, 0.25) is 0 Å². The van der Waals surface area contributed by atoms with Gasteiger partial charge < -0.3 is 0 Å². The molecule has 366 valence electrons. The number of nitrogens with zero attached hydrogens (tertiary/aromatic N) is 3. The summed E-state index contributed by atoms with van der Waals surface area (Å²) in [4.78, 5) is 16.6. The van der Waals surface area contributed by atoms with Crippen molar-refractivity contribution >= 4 is 0 Å². The maximum Gasteiger partial charge on any atom is 0.0716 e. The largest absolute Gasteiger partial charge is 0.248 e. The molecule has 3 heteroatoms. The Bertz CT molecular complexity index is 3720. The first-order valence-corrected chi connectivity index (χ1v) is 26.5. The van der Waals surface area contributed by atoms with Crippen LogP contribution in [-0.4, -0.2) is 15.0 Å². The van der Waals surface area contributed by atoms with E-state index in [1.807, 2.05) is 0 Å². The number of pyridine rings is 3. The van der Waals surface area contributed by atoms with E-state index in [0.717, 1.165) is 101 Å². The van der Waals surface area contributed by atoms with Crippen LogP contribution in [-0.2, 0) is 0 Å². The Morgan fingerprint density at radius 2 is 0.269 bits per heavy atom. The molecule has 0 aliphatic rings. The lowest BCUT2D eigenvalue weighted by Crippen LogP contribution is -1.96. The Morgan fingerprint density at radius 1 is 0.115 bits per heavy atom. The first kappa shape index (κ1) is 47.4. The molecule has 10 aromatic carbocycles. The van der Waals surface area contributed by atoms with Gasteiger partial charge in [0, 0.05) is 33.4 Å². The summed E-state index contributed by atoms with van der Waals surface area (Å²) in [6, 6.07) is 110. The quantitative estimate of drug-likeness (QED) is 0.122. The van der Waals surface area contributed by atoms with Gasteiger partial charge in [-0.3, -0.25) is 0 Å². The molecule has 0 fully saturated rings. The standard InChI is InChI=1S/C75H51N3/c1-7-19-52(20-8-1)55-31-37-58(38-32-55)64-46-70(61-25-13-4-14-26-61)76-73(49-64)67-43-68(74-50-65(47-71(77-74)62-27-15-5-16-28-62)59-39-33-56(34-40-59)53-21-9-2-10-22-53)45-69(44-67)75-51-66(48-72(78-75)63-29-17-6-18-30-63)60-41-35-57(36-42-60)54-23-11-3-12-24-54/h1-51H. The van der Waals surface area contributed by atoms with E-state index in [0.29, 0.717) is 0 Å². The minimum Gasteiger partial charge on any atom is -0.248 e. The van der Waals surface area contributed by atoms with Crippen molar-refractivity contribution in [3.05, 3.63) is 309 Å². The van der Waals surface area contributed by atoms with Crippen LogP contribution in [0.25, 0.3) is 134 Å². The minimum absolute atomic E-state index is 0.841. The van der Waals surface area contributed by atoms with E-state index < -0.39 is 0 Å². The topological polar surface area (TPSA) is 38.7 Å². The molecule has 78 heavy (non-hydrogen) atoms. The number of aromatic nitrogens is 3. The summed E-state index contributed by atoms with van der Waals surface area (Å²) in [6.07, 6.45) is 0. The van der Waals surface area contributed by atoms with Crippen molar-refractivity contribution in [3.63, 3.8) is 0 Å². The van der Waals surface area contributed by atoms with Gasteiger partial charge in [-0.2, -0.15) is 0 Å². The Kier molecular flexibility index (Phi) is 13.0. The van der Waals surface area contributed by atoms with Crippen molar-refractivity contribution in [2.75, 3.05) is 0 Å². The lowest BCUT2D eigenvalue weighted by molar-refractivity contribution is 1.29. The van der Waals surface area contributed by atoms with Gasteiger partial charge in [-0.1, -0.05) is 255 Å². The fourth-order valence-corrected chi connectivity index (χ4v) is 10.3. The number of hydrogen-bond acceptors (Lipinski definition) is 3. The second-order valence-corrected chi connectivity index (χ2v) is 19.6. The van der Waals surface area contributed by atoms with E-state index >= 15 is 0 Å². The summed E-state index contributed by atoms with van der Waals surface area (Å²) in [5, 5.41) is 0. The summed E-state index contributed by atoms with van der Waals surface area (Å²) >= 11 is 0. The van der Waals surface area contributed by atoms with Crippen LogP contribution in [0.3, 0.4) is 0 Å². The third-order valence-electron chi connectivity index (χ3n) is 14.5. The second kappa shape index (κ2) is 21.5. The van der Waals surface area contributed by atoms with Crippen molar-refractivity contribution in [1.82, 2.24) is 15.0 Å². The SMILES string of the molecule is c1ccc(-c2ccc(-c3cc(-c4ccccc4)nc(-c4cc(-c5cc(-c6ccc(-c7ccccc7)cc6)cc(-c6ccccc6)n5)cc(-c5cc(-c6ccc(-c7ccccc7)cc6)cc(-c6ccccc6)n5)c4)c3)cc2)cc1. The maximum atomic E-state index is 5.52. The van der Waals surface area contributed by atoms with Crippen LogP contribution >= 0.6 is 0 Å². The molecule has 0 bridgehead atoms. The highest BCUT2D eigenvalue weighted by Gasteiger charge is 2.18. The van der Waals surface area contributed by atoms with E-state index in [1.165, 1.54) is 33.4 Å². The van der Waals surface area contributed by atoms with E-state index in [9.17, 15) is 0 Å². The fraction of sp³-hybridized carbons (Fsp3) is 0. The molecule has 3 aromatic heterocycles. The number of benzene rings is 10. The minimum atomic E-state index is 0.841. The fourth-order valence-electron chi connectivity index (χ4n) is 10.3. The molecule has 0 saturated heterocycles. The van der Waals surface area contributed by atoms with Crippen LogP contribution in [0.5, 0.6) is 0 Å². The highest BCUT2D eigenvalue weighted by atomic mass is 14.7. The third kappa shape index (κ3) is 10.2. The van der Waals surface area contributed by atoms with Crippen LogP contribution in [0.4, 0.5) is 0 Å². The van der Waals surface area contributed by atoms with Crippen LogP contribution in [0.1, 0.15) is 0 Å². The molecule has 0 saturated carbocycles. The Morgan fingerprint density at radius 3 is 0.474 bits per heavy atom. The zero-order valence-electron chi connectivity index (χ0n) is 42.8. The van der Waals surface area contributed by atoms with E-state index in [4.69, 9.17) is 15.0 Å². The maximum absolute atomic E-state index is 5.52. The zero-order valence-corrected chi connectivity index (χ0v) is 42.8. The average molecular weight is 994 g/mol. The number of hydrogen-bond donors (Lipinski definition) is 0. The Hall–Kier alpha value is -10.4. The first-order valence-electron chi connectivity index (χ1n) is 26.5. The monoisotopic (exact) mass is 993 g/mol. The van der Waals surface area contributed by atoms with E-state index in [-0.39, 0.29) is 0 Å². The lowest BCUT2D eigenvalue weighted by atomic mass is 9.93. The lowest BCUT2D eigenvalue weighted by Gasteiger charge is -2.16. The molecule has 0 unspecified atom stereocenters. The molecule has 3 nitrogen and oxygen atoms in total. The van der Waals surface area contributed by atoms with Gasteiger partial charge >= 0.3 is 0 Å². The Balaban J connectivity index is 1.02. The molecule has 3 heterocycles. The van der Waals surface area contributed by atoms with Crippen molar-refractivity contribution in [3.8, 4) is 134 Å². The molecule has 13 rings (SSSR count). The molecule has 0 N–H and O–H groups in total. The predicted octanol–water partition coefficient (Wildman–Crippen LogP) is 19.9. The molecule has 0 aliphatic carbocycles. The predicted molar refractivity (Wildman–Crippen MR) is 325 cm³/mol. The van der Waals surface area contributed by atoms with Gasteiger partial charge in [0.1, 0.15) is 0 Å². The van der Waals surface area contributed by atoms with Gasteiger partial charge in [0.05, 0.1) is 34.2 Å². The van der Waals surface area contributed by atoms with Crippen molar-refractivity contribution in [1.29, 1.82) is 0 Å². The second-order valence-electron chi connectivity index (χ2n) is 19.6. The van der Waals surface area contributed by atoms with Crippen LogP contribution in [0.15, 0.2) is 309 Å². The van der Waals surface area contributed by atoms with Gasteiger partial charge in [0.15, 0.2) is 0 Å². The summed E-state index contributed by atoms with van der Waals surface area (Å²) < 4.78 is 0. The summed E-state index contributed by atoms with van der Waals surface area (Å²) in [5.41, 5.74) is 24.7.